The smallest absolute Gasteiger partial charge is 0.250 e. The van der Waals surface area contributed by atoms with Crippen molar-refractivity contribution >= 4 is 39.3 Å². The molecule has 0 aliphatic heterocycles. The van der Waals surface area contributed by atoms with E-state index in [0.29, 0.717) is 22.4 Å². The number of primary sulfonamides is 1. The molecule has 2 amide bonds. The monoisotopic (exact) mass is 436 g/mol. The third-order valence-electron chi connectivity index (χ3n) is 4.43. The number of hydrogen-bond donors (Lipinski definition) is 4. The predicted octanol–water partition coefficient (Wildman–Crippen LogP) is 2.33. The molecule has 0 saturated carbocycles. The van der Waals surface area contributed by atoms with E-state index in [1.165, 1.54) is 42.5 Å². The Morgan fingerprint density at radius 2 is 1.58 bits per heavy atom. The third kappa shape index (κ3) is 5.35. The minimum Gasteiger partial charge on any atom is -0.398 e. The van der Waals surface area contributed by atoms with E-state index >= 15 is 0 Å². The molecule has 0 bridgehead atoms. The minimum absolute atomic E-state index is 0.0569. The summed E-state index contributed by atoms with van der Waals surface area (Å²) in [6, 6.07) is 17.8. The highest BCUT2D eigenvalue weighted by atomic mass is 32.2. The van der Waals surface area contributed by atoms with Crippen LogP contribution in [0.3, 0.4) is 0 Å². The Morgan fingerprint density at radius 1 is 0.935 bits per heavy atom. The van der Waals surface area contributed by atoms with Crippen molar-refractivity contribution in [1.82, 2.24) is 0 Å². The van der Waals surface area contributed by atoms with Gasteiger partial charge >= 0.3 is 0 Å². The Bertz CT molecular complexity index is 1270. The number of anilines is 2. The van der Waals surface area contributed by atoms with Crippen LogP contribution in [0.5, 0.6) is 0 Å². The van der Waals surface area contributed by atoms with Crippen LogP contribution in [-0.2, 0) is 14.8 Å². The topological polar surface area (TPSA) is 158 Å². The van der Waals surface area contributed by atoms with Crippen molar-refractivity contribution in [2.75, 3.05) is 11.1 Å². The molecule has 31 heavy (non-hydrogen) atoms. The SMILES string of the molecule is NC(=O)c1cc(/C=C/C(=O)Nc2ccccc2)cc(-c2ccc(S(N)(=O)=O)cc2)c1N. The molecule has 0 aliphatic rings. The summed E-state index contributed by atoms with van der Waals surface area (Å²) in [5.41, 5.74) is 14.0. The lowest BCUT2D eigenvalue weighted by molar-refractivity contribution is -0.111. The number of para-hydroxylation sites is 1. The van der Waals surface area contributed by atoms with Gasteiger partial charge in [0.05, 0.1) is 16.1 Å². The number of rotatable bonds is 6. The molecule has 0 aromatic heterocycles. The summed E-state index contributed by atoms with van der Waals surface area (Å²) < 4.78 is 22.9. The second-order valence-electron chi connectivity index (χ2n) is 6.65. The van der Waals surface area contributed by atoms with E-state index < -0.39 is 15.9 Å². The molecule has 0 atom stereocenters. The molecule has 0 radical (unpaired) electrons. The highest BCUT2D eigenvalue weighted by Crippen LogP contribution is 2.31. The van der Waals surface area contributed by atoms with Crippen LogP contribution in [0.1, 0.15) is 15.9 Å². The van der Waals surface area contributed by atoms with Gasteiger partial charge in [0.1, 0.15) is 0 Å². The lowest BCUT2D eigenvalue weighted by atomic mass is 9.96. The van der Waals surface area contributed by atoms with Crippen LogP contribution < -0.4 is 21.9 Å². The largest absolute Gasteiger partial charge is 0.398 e. The zero-order valence-electron chi connectivity index (χ0n) is 16.3. The fourth-order valence-corrected chi connectivity index (χ4v) is 3.43. The van der Waals surface area contributed by atoms with Crippen molar-refractivity contribution in [1.29, 1.82) is 0 Å². The number of amides is 2. The van der Waals surface area contributed by atoms with Gasteiger partial charge in [0, 0.05) is 17.3 Å². The van der Waals surface area contributed by atoms with Gasteiger partial charge in [-0.15, -0.1) is 0 Å². The molecule has 0 unspecified atom stereocenters. The number of nitrogens with two attached hydrogens (primary N) is 3. The molecule has 158 valence electrons. The van der Waals surface area contributed by atoms with Gasteiger partial charge in [0.15, 0.2) is 0 Å². The van der Waals surface area contributed by atoms with Gasteiger partial charge in [-0.1, -0.05) is 30.3 Å². The number of carbonyl (C=O) groups excluding carboxylic acids is 2. The van der Waals surface area contributed by atoms with Crippen LogP contribution in [0.2, 0.25) is 0 Å². The Balaban J connectivity index is 1.96. The van der Waals surface area contributed by atoms with Crippen LogP contribution in [0.15, 0.2) is 77.7 Å². The predicted molar refractivity (Wildman–Crippen MR) is 120 cm³/mol. The van der Waals surface area contributed by atoms with Crippen molar-refractivity contribution in [3.63, 3.8) is 0 Å². The van der Waals surface area contributed by atoms with Gasteiger partial charge in [0.2, 0.25) is 15.9 Å². The maximum Gasteiger partial charge on any atom is 0.250 e. The Morgan fingerprint density at radius 3 is 2.16 bits per heavy atom. The summed E-state index contributed by atoms with van der Waals surface area (Å²) in [4.78, 5) is 24.0. The number of nitrogen functional groups attached to an aromatic ring is 1. The highest BCUT2D eigenvalue weighted by molar-refractivity contribution is 7.89. The number of hydrogen-bond acceptors (Lipinski definition) is 5. The fraction of sp³-hybridized carbons (Fsp3) is 0. The molecule has 3 aromatic rings. The summed E-state index contributed by atoms with van der Waals surface area (Å²) in [7, 11) is -3.85. The van der Waals surface area contributed by atoms with Crippen LogP contribution in [0.25, 0.3) is 17.2 Å². The van der Waals surface area contributed by atoms with Gasteiger partial charge in [-0.2, -0.15) is 0 Å². The number of primary amides is 1. The van der Waals surface area contributed by atoms with E-state index in [1.807, 2.05) is 6.07 Å². The molecule has 3 rings (SSSR count). The van der Waals surface area contributed by atoms with Crippen LogP contribution in [0, 0.1) is 0 Å². The molecule has 7 N–H and O–H groups in total. The zero-order valence-corrected chi connectivity index (χ0v) is 17.1. The number of nitrogens with one attached hydrogen (secondary N) is 1. The molecule has 9 heteroatoms. The molecular weight excluding hydrogens is 416 g/mol. The Kier molecular flexibility index (Phi) is 6.19. The first-order valence-electron chi connectivity index (χ1n) is 9.06. The van der Waals surface area contributed by atoms with Crippen LogP contribution in [-0.4, -0.2) is 20.2 Å². The van der Waals surface area contributed by atoms with Gasteiger partial charge in [0.25, 0.3) is 5.91 Å². The molecule has 0 heterocycles. The van der Waals surface area contributed by atoms with E-state index in [9.17, 15) is 18.0 Å². The maximum atomic E-state index is 12.2. The Hall–Kier alpha value is -3.95. The summed E-state index contributed by atoms with van der Waals surface area (Å²) >= 11 is 0. The standard InChI is InChI=1S/C22H20N4O4S/c23-21-18(15-7-9-17(10-8-15)31(25,29)30)12-14(13-19(21)22(24)28)6-11-20(27)26-16-4-2-1-3-5-16/h1-13H,23H2,(H2,24,28)(H,26,27)(H2,25,29,30)/b11-6+. The normalized spacial score (nSPS) is 11.4. The van der Waals surface area contributed by atoms with Crippen molar-refractivity contribution < 1.29 is 18.0 Å². The summed E-state index contributed by atoms with van der Waals surface area (Å²) in [6.07, 6.45) is 2.84. The van der Waals surface area contributed by atoms with Crippen molar-refractivity contribution in [2.24, 2.45) is 10.9 Å². The number of sulfonamides is 1. The third-order valence-corrected chi connectivity index (χ3v) is 5.36. The highest BCUT2D eigenvalue weighted by Gasteiger charge is 2.14. The van der Waals surface area contributed by atoms with Crippen LogP contribution in [0.4, 0.5) is 11.4 Å². The van der Waals surface area contributed by atoms with E-state index in [0.717, 1.165) is 0 Å². The number of carbonyl (C=O) groups is 2. The first-order chi connectivity index (χ1) is 14.6. The van der Waals surface area contributed by atoms with Crippen molar-refractivity contribution in [3.8, 4) is 11.1 Å². The summed E-state index contributed by atoms with van der Waals surface area (Å²) in [5, 5.41) is 7.84. The van der Waals surface area contributed by atoms with Gasteiger partial charge in [-0.3, -0.25) is 9.59 Å². The molecule has 0 aliphatic carbocycles. The lowest BCUT2D eigenvalue weighted by Crippen LogP contribution is -2.14. The van der Waals surface area contributed by atoms with E-state index in [-0.39, 0.29) is 22.1 Å². The van der Waals surface area contributed by atoms with E-state index in [4.69, 9.17) is 16.6 Å². The van der Waals surface area contributed by atoms with E-state index in [1.54, 1.807) is 30.3 Å². The average molecular weight is 436 g/mol. The average Bonchev–Trinajstić information content (AvgIpc) is 2.73. The van der Waals surface area contributed by atoms with Gasteiger partial charge in [-0.05, 0) is 53.6 Å². The summed E-state index contributed by atoms with van der Waals surface area (Å²) in [6.45, 7) is 0. The summed E-state index contributed by atoms with van der Waals surface area (Å²) in [5.74, 6) is -1.09. The number of benzene rings is 3. The second kappa shape index (κ2) is 8.82. The van der Waals surface area contributed by atoms with Gasteiger partial charge in [-0.25, -0.2) is 13.6 Å². The minimum atomic E-state index is -3.85. The molecule has 0 saturated heterocycles. The van der Waals surface area contributed by atoms with Crippen molar-refractivity contribution in [2.45, 2.75) is 4.90 Å². The molecule has 3 aromatic carbocycles. The van der Waals surface area contributed by atoms with Gasteiger partial charge < -0.3 is 16.8 Å². The quantitative estimate of drug-likeness (QED) is 0.344. The second-order valence-corrected chi connectivity index (χ2v) is 8.21. The zero-order chi connectivity index (χ0) is 22.6. The maximum absolute atomic E-state index is 12.2. The van der Waals surface area contributed by atoms with Crippen molar-refractivity contribution in [3.05, 3.63) is 83.9 Å². The lowest BCUT2D eigenvalue weighted by Gasteiger charge is -2.12. The molecule has 0 fully saturated rings. The Labute approximate surface area is 179 Å². The van der Waals surface area contributed by atoms with E-state index in [2.05, 4.69) is 5.32 Å². The first kappa shape index (κ1) is 21.8. The molecular formula is C22H20N4O4S. The first-order valence-corrected chi connectivity index (χ1v) is 10.6. The molecule has 0 spiro atoms. The van der Waals surface area contributed by atoms with Crippen LogP contribution >= 0.6 is 0 Å². The fourth-order valence-electron chi connectivity index (χ4n) is 2.92. The molecule has 8 nitrogen and oxygen atoms in total.